The van der Waals surface area contributed by atoms with Gasteiger partial charge in [0.25, 0.3) is 0 Å². The molecule has 0 amide bonds. The van der Waals surface area contributed by atoms with Crippen molar-refractivity contribution in [2.45, 2.75) is 5.54 Å². The van der Waals surface area contributed by atoms with Crippen molar-refractivity contribution in [2.24, 2.45) is 0 Å². The van der Waals surface area contributed by atoms with E-state index in [1.807, 2.05) is 0 Å². The van der Waals surface area contributed by atoms with Crippen LogP contribution in [0.1, 0.15) is 16.7 Å². The average Bonchev–Trinajstić information content (AvgIpc) is 3.83. The fourth-order valence-corrected chi connectivity index (χ4v) is 10.2. The van der Waals surface area contributed by atoms with E-state index in [4.69, 9.17) is 0 Å². The Kier molecular flexibility index (Phi) is 8.39. The molecular weight excluding hydrogens is 751 g/mol. The van der Waals surface area contributed by atoms with E-state index in [0.29, 0.717) is 0 Å². The summed E-state index contributed by atoms with van der Waals surface area (Å²) in [5, 5.41) is 4.88. The van der Waals surface area contributed by atoms with Gasteiger partial charge in [0.1, 0.15) is 5.54 Å². The van der Waals surface area contributed by atoms with Crippen molar-refractivity contribution in [3.63, 3.8) is 0 Å². The van der Waals surface area contributed by atoms with Crippen LogP contribution in [0.4, 0.5) is 28.4 Å². The Bertz CT molecular complexity index is 3410. The van der Waals surface area contributed by atoms with E-state index < -0.39 is 5.54 Å². The SMILES string of the molecule is c1ccc(N(c2ccc3c(c2)C(c2ccccc2)(N(c2ccccc2)c2ccc4ccccc4c2)c2ccccc2-3)c2ccc3c4ccccc4n(-c4ccccc4)c3c2)cc1. The summed E-state index contributed by atoms with van der Waals surface area (Å²) in [6.45, 7) is 0. The van der Waals surface area contributed by atoms with Crippen molar-refractivity contribution in [3.05, 3.63) is 265 Å². The van der Waals surface area contributed by atoms with Crippen LogP contribution >= 0.6 is 0 Å². The number of hydrogen-bond donors (Lipinski definition) is 0. The normalized spacial score (nSPS) is 14.2. The second-order valence-corrected chi connectivity index (χ2v) is 16.1. The molecule has 0 fully saturated rings. The number of hydrogen-bond acceptors (Lipinski definition) is 2. The molecule has 1 aliphatic carbocycles. The number of fused-ring (bicyclic) bond motifs is 7. The molecule has 1 heterocycles. The van der Waals surface area contributed by atoms with Gasteiger partial charge in [-0.25, -0.2) is 0 Å². The van der Waals surface area contributed by atoms with E-state index in [9.17, 15) is 0 Å². The van der Waals surface area contributed by atoms with Crippen LogP contribution in [0.25, 0.3) is 49.4 Å². The van der Waals surface area contributed by atoms with Crippen molar-refractivity contribution in [2.75, 3.05) is 9.80 Å². The van der Waals surface area contributed by atoms with E-state index in [2.05, 4.69) is 263 Å². The largest absolute Gasteiger partial charge is 0.323 e. The lowest BCUT2D eigenvalue weighted by atomic mass is 9.78. The molecule has 11 aromatic rings. The summed E-state index contributed by atoms with van der Waals surface area (Å²) in [5.41, 5.74) is 14.3. The summed E-state index contributed by atoms with van der Waals surface area (Å²) in [4.78, 5) is 5.01. The highest BCUT2D eigenvalue weighted by atomic mass is 15.2. The van der Waals surface area contributed by atoms with Gasteiger partial charge in [-0.3, -0.25) is 0 Å². The lowest BCUT2D eigenvalue weighted by molar-refractivity contribution is 0.644. The highest BCUT2D eigenvalue weighted by Crippen LogP contribution is 2.59. The third-order valence-electron chi connectivity index (χ3n) is 12.7. The van der Waals surface area contributed by atoms with Crippen LogP contribution in [0.15, 0.2) is 249 Å². The maximum Gasteiger partial charge on any atom is 0.122 e. The molecule has 1 atom stereocenters. The van der Waals surface area contributed by atoms with Crippen LogP contribution in [0.5, 0.6) is 0 Å². The first kappa shape index (κ1) is 35.8. The van der Waals surface area contributed by atoms with Gasteiger partial charge in [0.15, 0.2) is 0 Å². The predicted molar refractivity (Wildman–Crippen MR) is 260 cm³/mol. The molecule has 1 aromatic heterocycles. The molecule has 10 aromatic carbocycles. The number of nitrogens with zero attached hydrogens (tertiary/aromatic N) is 3. The minimum atomic E-state index is -0.751. The van der Waals surface area contributed by atoms with Crippen LogP contribution in [0.2, 0.25) is 0 Å². The second kappa shape index (κ2) is 14.5. The molecule has 3 heteroatoms. The fourth-order valence-electron chi connectivity index (χ4n) is 10.2. The quantitative estimate of drug-likeness (QED) is 0.152. The third kappa shape index (κ3) is 5.52. The molecule has 292 valence electrons. The number of anilines is 5. The summed E-state index contributed by atoms with van der Waals surface area (Å²) in [7, 11) is 0. The van der Waals surface area contributed by atoms with E-state index in [1.54, 1.807) is 0 Å². The van der Waals surface area contributed by atoms with Gasteiger partial charge in [0.05, 0.1) is 11.0 Å². The first-order valence-electron chi connectivity index (χ1n) is 21.4. The standard InChI is InChI=1S/C59H41N3/c1-5-21-44(22-6-1)59(62(47-27-11-4-12-28-47)50-34-33-42-19-13-14-20-43(42)39-50)55-31-17-15-29-51(55)52-37-35-48(40-56(52)59)60(45-23-7-2-8-24-45)49-36-38-54-53-30-16-18-32-57(53)61(58(54)41-49)46-25-9-3-10-26-46/h1-41H. The highest BCUT2D eigenvalue weighted by molar-refractivity contribution is 6.10. The number of para-hydroxylation sites is 4. The average molecular weight is 792 g/mol. The van der Waals surface area contributed by atoms with E-state index >= 15 is 0 Å². The van der Waals surface area contributed by atoms with Crippen molar-refractivity contribution < 1.29 is 0 Å². The minimum absolute atomic E-state index is 0.751. The van der Waals surface area contributed by atoms with Crippen molar-refractivity contribution >= 4 is 61.0 Å². The Morgan fingerprint density at radius 2 is 0.887 bits per heavy atom. The first-order valence-corrected chi connectivity index (χ1v) is 21.4. The second-order valence-electron chi connectivity index (χ2n) is 16.1. The monoisotopic (exact) mass is 791 g/mol. The molecule has 3 nitrogen and oxygen atoms in total. The molecule has 0 bridgehead atoms. The molecule has 12 rings (SSSR count). The lowest BCUT2D eigenvalue weighted by Gasteiger charge is -2.45. The maximum atomic E-state index is 2.58. The molecule has 0 radical (unpaired) electrons. The Morgan fingerprint density at radius 1 is 0.323 bits per heavy atom. The molecule has 0 N–H and O–H groups in total. The molecular formula is C59H41N3. The summed E-state index contributed by atoms with van der Waals surface area (Å²) < 4.78 is 2.40. The number of benzene rings is 10. The van der Waals surface area contributed by atoms with Crippen molar-refractivity contribution in [1.29, 1.82) is 0 Å². The van der Waals surface area contributed by atoms with Gasteiger partial charge >= 0.3 is 0 Å². The van der Waals surface area contributed by atoms with Crippen molar-refractivity contribution in [3.8, 4) is 16.8 Å². The van der Waals surface area contributed by atoms with Crippen LogP contribution in [0, 0.1) is 0 Å². The highest BCUT2D eigenvalue weighted by Gasteiger charge is 2.50. The van der Waals surface area contributed by atoms with Gasteiger partial charge in [-0.2, -0.15) is 0 Å². The van der Waals surface area contributed by atoms with E-state index in [-0.39, 0.29) is 0 Å². The molecule has 0 saturated heterocycles. The molecule has 1 unspecified atom stereocenters. The summed E-state index contributed by atoms with van der Waals surface area (Å²) in [5.74, 6) is 0. The molecule has 1 aliphatic rings. The van der Waals surface area contributed by atoms with Crippen LogP contribution in [-0.2, 0) is 5.54 Å². The molecule has 0 aliphatic heterocycles. The first-order chi connectivity index (χ1) is 30.8. The van der Waals surface area contributed by atoms with Gasteiger partial charge in [-0.15, -0.1) is 0 Å². The minimum Gasteiger partial charge on any atom is -0.323 e. The third-order valence-corrected chi connectivity index (χ3v) is 12.7. The zero-order valence-electron chi connectivity index (χ0n) is 34.0. The molecule has 62 heavy (non-hydrogen) atoms. The summed E-state index contributed by atoms with van der Waals surface area (Å²) in [6, 6.07) is 91.0. The topological polar surface area (TPSA) is 11.4 Å². The smallest absolute Gasteiger partial charge is 0.122 e. The van der Waals surface area contributed by atoms with Crippen LogP contribution < -0.4 is 9.80 Å². The van der Waals surface area contributed by atoms with Gasteiger partial charge in [0, 0.05) is 44.9 Å². The fraction of sp³-hybridized carbons (Fsp3) is 0.0169. The zero-order chi connectivity index (χ0) is 41.0. The number of rotatable bonds is 8. The Labute approximate surface area is 361 Å². The van der Waals surface area contributed by atoms with Crippen LogP contribution in [-0.4, -0.2) is 4.57 Å². The number of aromatic nitrogens is 1. The zero-order valence-corrected chi connectivity index (χ0v) is 34.0. The molecule has 0 saturated carbocycles. The summed E-state index contributed by atoms with van der Waals surface area (Å²) in [6.07, 6.45) is 0. The van der Waals surface area contributed by atoms with Crippen LogP contribution in [0.3, 0.4) is 0 Å². The van der Waals surface area contributed by atoms with Gasteiger partial charge in [-0.1, -0.05) is 170 Å². The Morgan fingerprint density at radius 3 is 1.68 bits per heavy atom. The van der Waals surface area contributed by atoms with Gasteiger partial charge < -0.3 is 14.4 Å². The maximum absolute atomic E-state index is 2.58. The van der Waals surface area contributed by atoms with Gasteiger partial charge in [-0.05, 0) is 117 Å². The molecule has 0 spiro atoms. The van der Waals surface area contributed by atoms with E-state index in [0.717, 1.165) is 39.6 Å². The van der Waals surface area contributed by atoms with Gasteiger partial charge in [0.2, 0.25) is 0 Å². The predicted octanol–water partition coefficient (Wildman–Crippen LogP) is 15.5. The summed E-state index contributed by atoms with van der Waals surface area (Å²) >= 11 is 0. The van der Waals surface area contributed by atoms with E-state index in [1.165, 1.54) is 54.9 Å². The van der Waals surface area contributed by atoms with Crippen molar-refractivity contribution in [1.82, 2.24) is 4.57 Å². The Hall–Kier alpha value is -8.14. The lowest BCUT2D eigenvalue weighted by Crippen LogP contribution is -2.44. The Balaban J connectivity index is 1.15.